The van der Waals surface area contributed by atoms with Gasteiger partial charge in [-0.25, -0.2) is 0 Å². The molecule has 1 heterocycles. The zero-order chi connectivity index (χ0) is 14.5. The molecule has 2 heteroatoms. The Bertz CT molecular complexity index is 417. The maximum absolute atomic E-state index is 3.66. The Hall–Kier alpha value is -0.860. The van der Waals surface area contributed by atoms with Crippen molar-refractivity contribution in [1.29, 1.82) is 0 Å². The predicted octanol–water partition coefficient (Wildman–Crippen LogP) is 3.47. The van der Waals surface area contributed by atoms with E-state index in [4.69, 9.17) is 0 Å². The fourth-order valence-corrected chi connectivity index (χ4v) is 4.21. The van der Waals surface area contributed by atoms with Crippen LogP contribution < -0.4 is 5.32 Å². The highest BCUT2D eigenvalue weighted by Gasteiger charge is 2.30. The van der Waals surface area contributed by atoms with Crippen molar-refractivity contribution < 1.29 is 0 Å². The fraction of sp³-hybridized carbons (Fsp3) is 0.684. The Labute approximate surface area is 129 Å². The van der Waals surface area contributed by atoms with Gasteiger partial charge in [0, 0.05) is 18.6 Å². The van der Waals surface area contributed by atoms with Gasteiger partial charge in [-0.05, 0) is 50.3 Å². The first-order valence-electron chi connectivity index (χ1n) is 8.83. The first-order valence-corrected chi connectivity index (χ1v) is 8.83. The molecule has 3 rings (SSSR count). The van der Waals surface area contributed by atoms with E-state index in [1.807, 2.05) is 0 Å². The Morgan fingerprint density at radius 2 is 2.00 bits per heavy atom. The zero-order valence-electron chi connectivity index (χ0n) is 13.4. The van der Waals surface area contributed by atoms with Crippen LogP contribution in [0, 0.1) is 5.92 Å². The number of nitrogens with one attached hydrogen (secondary N) is 1. The molecule has 2 fully saturated rings. The second kappa shape index (κ2) is 7.42. The van der Waals surface area contributed by atoms with E-state index in [1.54, 1.807) is 0 Å². The Kier molecular flexibility index (Phi) is 5.32. The third-order valence-electron chi connectivity index (χ3n) is 5.31. The average molecular weight is 286 g/mol. The highest BCUT2D eigenvalue weighted by atomic mass is 15.2. The van der Waals surface area contributed by atoms with Crippen LogP contribution in [0.2, 0.25) is 0 Å². The van der Waals surface area contributed by atoms with Crippen LogP contribution in [0.3, 0.4) is 0 Å². The molecule has 0 spiro atoms. The van der Waals surface area contributed by atoms with E-state index in [9.17, 15) is 0 Å². The van der Waals surface area contributed by atoms with E-state index in [1.165, 1.54) is 57.2 Å². The predicted molar refractivity (Wildman–Crippen MR) is 89.5 cm³/mol. The van der Waals surface area contributed by atoms with E-state index >= 15 is 0 Å². The standard InChI is InChI=1S/C19H30N2/c1-16-7-5-10-18(13-16)21-12-6-11-20-15-19(21)14-17-8-3-2-4-9-17/h2-4,8-9,16,18-20H,5-7,10-15H2,1H3. The Balaban J connectivity index is 1.71. The minimum absolute atomic E-state index is 0.671. The molecule has 2 aliphatic rings. The molecule has 0 amide bonds. The second-order valence-corrected chi connectivity index (χ2v) is 7.06. The molecule has 1 N–H and O–H groups in total. The van der Waals surface area contributed by atoms with E-state index in [2.05, 4.69) is 47.5 Å². The van der Waals surface area contributed by atoms with E-state index in [0.717, 1.165) is 18.5 Å². The molecule has 116 valence electrons. The van der Waals surface area contributed by atoms with Gasteiger partial charge < -0.3 is 5.32 Å². The van der Waals surface area contributed by atoms with Gasteiger partial charge in [0.1, 0.15) is 0 Å². The Morgan fingerprint density at radius 3 is 2.81 bits per heavy atom. The van der Waals surface area contributed by atoms with Crippen LogP contribution in [0.15, 0.2) is 30.3 Å². The number of nitrogens with zero attached hydrogens (tertiary/aromatic N) is 1. The molecular weight excluding hydrogens is 256 g/mol. The molecule has 1 saturated carbocycles. The van der Waals surface area contributed by atoms with Crippen LogP contribution in [0.1, 0.15) is 44.6 Å². The molecule has 2 nitrogen and oxygen atoms in total. The summed E-state index contributed by atoms with van der Waals surface area (Å²) in [6, 6.07) is 12.5. The molecule has 1 aliphatic carbocycles. The largest absolute Gasteiger partial charge is 0.315 e. The summed E-state index contributed by atoms with van der Waals surface area (Å²) in [4.78, 5) is 2.85. The molecule has 1 aromatic rings. The van der Waals surface area contributed by atoms with Crippen molar-refractivity contribution in [3.8, 4) is 0 Å². The normalized spacial score (nSPS) is 31.8. The van der Waals surface area contributed by atoms with Crippen LogP contribution in [0.5, 0.6) is 0 Å². The lowest BCUT2D eigenvalue weighted by Crippen LogP contribution is -2.48. The third-order valence-corrected chi connectivity index (χ3v) is 5.31. The molecule has 1 saturated heterocycles. The van der Waals surface area contributed by atoms with Gasteiger partial charge in [-0.15, -0.1) is 0 Å². The number of hydrogen-bond acceptors (Lipinski definition) is 2. The van der Waals surface area contributed by atoms with Crippen LogP contribution >= 0.6 is 0 Å². The van der Waals surface area contributed by atoms with Gasteiger partial charge in [0.05, 0.1) is 0 Å². The summed E-state index contributed by atoms with van der Waals surface area (Å²) >= 11 is 0. The summed E-state index contributed by atoms with van der Waals surface area (Å²) in [6.07, 6.45) is 8.18. The molecule has 0 bridgehead atoms. The first kappa shape index (κ1) is 15.1. The van der Waals surface area contributed by atoms with Gasteiger partial charge >= 0.3 is 0 Å². The summed E-state index contributed by atoms with van der Waals surface area (Å²) < 4.78 is 0. The van der Waals surface area contributed by atoms with Crippen molar-refractivity contribution in [1.82, 2.24) is 10.2 Å². The van der Waals surface area contributed by atoms with Gasteiger partial charge in [0.25, 0.3) is 0 Å². The molecular formula is C19H30N2. The summed E-state index contributed by atoms with van der Waals surface area (Å²) in [5.41, 5.74) is 1.49. The summed E-state index contributed by atoms with van der Waals surface area (Å²) in [7, 11) is 0. The maximum Gasteiger partial charge on any atom is 0.0263 e. The molecule has 21 heavy (non-hydrogen) atoms. The van der Waals surface area contributed by atoms with E-state index < -0.39 is 0 Å². The van der Waals surface area contributed by atoms with Gasteiger partial charge in [0.2, 0.25) is 0 Å². The van der Waals surface area contributed by atoms with E-state index in [0.29, 0.717) is 6.04 Å². The maximum atomic E-state index is 3.66. The highest BCUT2D eigenvalue weighted by molar-refractivity contribution is 5.16. The smallest absolute Gasteiger partial charge is 0.0263 e. The lowest BCUT2D eigenvalue weighted by Gasteiger charge is -2.40. The Morgan fingerprint density at radius 1 is 1.14 bits per heavy atom. The summed E-state index contributed by atoms with van der Waals surface area (Å²) in [5, 5.41) is 3.66. The van der Waals surface area contributed by atoms with Crippen molar-refractivity contribution in [2.75, 3.05) is 19.6 Å². The lowest BCUT2D eigenvalue weighted by molar-refractivity contribution is 0.0958. The van der Waals surface area contributed by atoms with Crippen molar-refractivity contribution >= 4 is 0 Å². The topological polar surface area (TPSA) is 15.3 Å². The first-order chi connectivity index (χ1) is 10.3. The van der Waals surface area contributed by atoms with Crippen molar-refractivity contribution in [3.05, 3.63) is 35.9 Å². The molecule has 1 aromatic carbocycles. The van der Waals surface area contributed by atoms with Crippen molar-refractivity contribution in [2.45, 2.75) is 57.5 Å². The van der Waals surface area contributed by atoms with Crippen LogP contribution in [0.4, 0.5) is 0 Å². The van der Waals surface area contributed by atoms with Gasteiger partial charge in [-0.3, -0.25) is 4.90 Å². The van der Waals surface area contributed by atoms with Crippen molar-refractivity contribution in [3.63, 3.8) is 0 Å². The van der Waals surface area contributed by atoms with Gasteiger partial charge in [0.15, 0.2) is 0 Å². The lowest BCUT2D eigenvalue weighted by atomic mass is 9.85. The molecule has 1 aliphatic heterocycles. The highest BCUT2D eigenvalue weighted by Crippen LogP contribution is 2.29. The van der Waals surface area contributed by atoms with Gasteiger partial charge in [-0.2, -0.15) is 0 Å². The minimum Gasteiger partial charge on any atom is -0.315 e. The minimum atomic E-state index is 0.671. The van der Waals surface area contributed by atoms with Crippen LogP contribution in [-0.4, -0.2) is 36.6 Å². The molecule has 0 radical (unpaired) electrons. The summed E-state index contributed by atoms with van der Waals surface area (Å²) in [6.45, 7) is 6.06. The van der Waals surface area contributed by atoms with Gasteiger partial charge in [-0.1, -0.05) is 50.1 Å². The number of benzene rings is 1. The summed E-state index contributed by atoms with van der Waals surface area (Å²) in [5.74, 6) is 0.914. The number of hydrogen-bond donors (Lipinski definition) is 1. The van der Waals surface area contributed by atoms with E-state index in [-0.39, 0.29) is 0 Å². The monoisotopic (exact) mass is 286 g/mol. The van der Waals surface area contributed by atoms with Crippen LogP contribution in [0.25, 0.3) is 0 Å². The quantitative estimate of drug-likeness (QED) is 0.915. The molecule has 0 aromatic heterocycles. The SMILES string of the molecule is CC1CCCC(N2CCCNCC2Cc2ccccc2)C1. The average Bonchev–Trinajstić information content (AvgIpc) is 2.74. The van der Waals surface area contributed by atoms with Crippen LogP contribution in [-0.2, 0) is 6.42 Å². The molecule has 3 atom stereocenters. The number of rotatable bonds is 3. The second-order valence-electron chi connectivity index (χ2n) is 7.06. The zero-order valence-corrected chi connectivity index (χ0v) is 13.4. The fourth-order valence-electron chi connectivity index (χ4n) is 4.21. The van der Waals surface area contributed by atoms with Crippen molar-refractivity contribution in [2.24, 2.45) is 5.92 Å². The third kappa shape index (κ3) is 4.08. The molecule has 3 unspecified atom stereocenters.